The molecule has 2 N–H and O–H groups in total. The first-order valence-corrected chi connectivity index (χ1v) is 6.21. The summed E-state index contributed by atoms with van der Waals surface area (Å²) in [5, 5.41) is 0. The van der Waals surface area contributed by atoms with E-state index in [0.29, 0.717) is 11.5 Å². The molecule has 0 aliphatic carbocycles. The normalized spacial score (nSPS) is 12.3. The van der Waals surface area contributed by atoms with Gasteiger partial charge < -0.3 is 15.4 Å². The molecule has 1 heterocycles. The Labute approximate surface area is 116 Å². The van der Waals surface area contributed by atoms with Crippen molar-refractivity contribution in [2.45, 2.75) is 39.0 Å². The van der Waals surface area contributed by atoms with Crippen molar-refractivity contribution in [3.63, 3.8) is 0 Å². The first kappa shape index (κ1) is 16.4. The lowest BCUT2D eigenvalue weighted by molar-refractivity contribution is -0.132. The van der Waals surface area contributed by atoms with Crippen LogP contribution in [0.1, 0.15) is 27.2 Å². The van der Waals surface area contributed by atoms with Gasteiger partial charge in [0, 0.05) is 13.6 Å². The number of pyridine rings is 1. The molecule has 4 nitrogen and oxygen atoms in total. The number of anilines is 2. The van der Waals surface area contributed by atoms with Crippen molar-refractivity contribution >= 4 is 11.5 Å². The van der Waals surface area contributed by atoms with Crippen molar-refractivity contribution in [2.24, 2.45) is 0 Å². The molecule has 0 aliphatic heterocycles. The van der Waals surface area contributed by atoms with E-state index in [1.54, 1.807) is 19.2 Å². The highest BCUT2D eigenvalue weighted by Crippen LogP contribution is 2.27. The molecule has 0 aliphatic rings. The summed E-state index contributed by atoms with van der Waals surface area (Å²) in [5.41, 5.74) is 5.63. The number of ether oxygens (including phenoxy) is 1. The van der Waals surface area contributed by atoms with Crippen LogP contribution in [0.25, 0.3) is 0 Å². The number of hydrogen-bond donors (Lipinski definition) is 1. The number of nitrogens with two attached hydrogens (primary N) is 1. The molecule has 0 bridgehead atoms. The van der Waals surface area contributed by atoms with Gasteiger partial charge in [-0.05, 0) is 32.9 Å². The van der Waals surface area contributed by atoms with Crippen LogP contribution in [-0.4, -0.2) is 30.4 Å². The van der Waals surface area contributed by atoms with E-state index in [1.165, 1.54) is 4.90 Å². The Hall–Kier alpha value is -1.66. The van der Waals surface area contributed by atoms with E-state index in [-0.39, 0.29) is 12.4 Å². The zero-order valence-corrected chi connectivity index (χ0v) is 12.1. The van der Waals surface area contributed by atoms with Gasteiger partial charge >= 0.3 is 6.18 Å². The van der Waals surface area contributed by atoms with Crippen LogP contribution in [0.3, 0.4) is 0 Å². The van der Waals surface area contributed by atoms with Crippen molar-refractivity contribution < 1.29 is 17.9 Å². The number of halogens is 3. The smallest absolute Gasteiger partial charge is 0.390 e. The summed E-state index contributed by atoms with van der Waals surface area (Å²) in [6.07, 6.45) is -5.09. The van der Waals surface area contributed by atoms with Crippen LogP contribution >= 0.6 is 0 Å². The van der Waals surface area contributed by atoms with Crippen LogP contribution in [0.4, 0.5) is 24.7 Å². The van der Waals surface area contributed by atoms with Crippen molar-refractivity contribution in [3.8, 4) is 5.88 Å². The summed E-state index contributed by atoms with van der Waals surface area (Å²) < 4.78 is 42.2. The summed E-state index contributed by atoms with van der Waals surface area (Å²) in [6.45, 7) is 5.35. The SMILES string of the molecule is CN(CCC(F)(F)F)c1ccc(N)c(OC(C)(C)C)n1. The molecule has 114 valence electrons. The quantitative estimate of drug-likeness (QED) is 0.925. The van der Waals surface area contributed by atoms with Gasteiger partial charge in [0.05, 0.1) is 12.1 Å². The molecule has 0 atom stereocenters. The number of rotatable bonds is 4. The largest absolute Gasteiger partial charge is 0.470 e. The minimum atomic E-state index is -4.19. The van der Waals surface area contributed by atoms with Gasteiger partial charge in [0.25, 0.3) is 0 Å². The standard InChI is InChI=1S/C13H20F3N3O/c1-12(2,3)20-11-9(17)5-6-10(18-11)19(4)8-7-13(14,15)16/h5-6H,7-8,17H2,1-4H3. The summed E-state index contributed by atoms with van der Waals surface area (Å²) in [6, 6.07) is 3.15. The average molecular weight is 291 g/mol. The lowest BCUT2D eigenvalue weighted by Crippen LogP contribution is -2.27. The first-order chi connectivity index (χ1) is 8.98. The van der Waals surface area contributed by atoms with E-state index in [0.717, 1.165) is 0 Å². The Kier molecular flexibility index (Phi) is 4.73. The van der Waals surface area contributed by atoms with Crippen LogP contribution in [-0.2, 0) is 0 Å². The summed E-state index contributed by atoms with van der Waals surface area (Å²) in [4.78, 5) is 5.59. The third-order valence-electron chi connectivity index (χ3n) is 2.40. The molecule has 0 amide bonds. The highest BCUT2D eigenvalue weighted by molar-refractivity contribution is 5.54. The monoisotopic (exact) mass is 291 g/mol. The van der Waals surface area contributed by atoms with Gasteiger partial charge in [-0.3, -0.25) is 0 Å². The number of alkyl halides is 3. The Balaban J connectivity index is 2.83. The minimum absolute atomic E-state index is 0.171. The molecule has 0 saturated heterocycles. The Morgan fingerprint density at radius 1 is 1.25 bits per heavy atom. The topological polar surface area (TPSA) is 51.4 Å². The molecule has 0 fully saturated rings. The van der Waals surface area contributed by atoms with Gasteiger partial charge in [-0.15, -0.1) is 0 Å². The van der Waals surface area contributed by atoms with E-state index in [4.69, 9.17) is 10.5 Å². The predicted octanol–water partition coefficient (Wildman–Crippen LogP) is 3.23. The highest BCUT2D eigenvalue weighted by atomic mass is 19.4. The van der Waals surface area contributed by atoms with Crippen LogP contribution in [0.15, 0.2) is 12.1 Å². The zero-order chi connectivity index (χ0) is 15.6. The fourth-order valence-corrected chi connectivity index (χ4v) is 1.43. The second-order valence-electron chi connectivity index (χ2n) is 5.56. The van der Waals surface area contributed by atoms with Crippen LogP contribution in [0, 0.1) is 0 Å². The summed E-state index contributed by atoms with van der Waals surface area (Å²) in [5.74, 6) is 0.622. The molecular weight excluding hydrogens is 271 g/mol. The van der Waals surface area contributed by atoms with Crippen molar-refractivity contribution in [3.05, 3.63) is 12.1 Å². The predicted molar refractivity (Wildman–Crippen MR) is 73.0 cm³/mol. The van der Waals surface area contributed by atoms with E-state index in [1.807, 2.05) is 20.8 Å². The molecule has 7 heteroatoms. The third kappa shape index (κ3) is 5.54. The molecular formula is C13H20F3N3O. The lowest BCUT2D eigenvalue weighted by Gasteiger charge is -2.24. The van der Waals surface area contributed by atoms with Gasteiger partial charge in [0.15, 0.2) is 0 Å². The molecule has 0 unspecified atom stereocenters. The molecule has 1 aromatic rings. The fraction of sp³-hybridized carbons (Fsp3) is 0.615. The fourth-order valence-electron chi connectivity index (χ4n) is 1.43. The van der Waals surface area contributed by atoms with Crippen LogP contribution in [0.2, 0.25) is 0 Å². The highest BCUT2D eigenvalue weighted by Gasteiger charge is 2.27. The van der Waals surface area contributed by atoms with Crippen molar-refractivity contribution in [1.29, 1.82) is 0 Å². The van der Waals surface area contributed by atoms with Gasteiger partial charge in [-0.2, -0.15) is 18.2 Å². The Morgan fingerprint density at radius 2 is 1.85 bits per heavy atom. The second-order valence-corrected chi connectivity index (χ2v) is 5.56. The first-order valence-electron chi connectivity index (χ1n) is 6.21. The number of nitrogens with zero attached hydrogens (tertiary/aromatic N) is 2. The average Bonchev–Trinajstić information content (AvgIpc) is 2.26. The molecule has 20 heavy (non-hydrogen) atoms. The molecule has 0 aromatic carbocycles. The minimum Gasteiger partial charge on any atom is -0.470 e. The van der Waals surface area contributed by atoms with Gasteiger partial charge in [-0.25, -0.2) is 0 Å². The molecule has 0 radical (unpaired) electrons. The lowest BCUT2D eigenvalue weighted by atomic mass is 10.2. The van der Waals surface area contributed by atoms with Gasteiger partial charge in [-0.1, -0.05) is 0 Å². The Bertz CT molecular complexity index is 455. The van der Waals surface area contributed by atoms with Gasteiger partial charge in [0.1, 0.15) is 11.4 Å². The van der Waals surface area contributed by atoms with E-state index in [9.17, 15) is 13.2 Å². The van der Waals surface area contributed by atoms with Crippen LogP contribution in [0.5, 0.6) is 5.88 Å². The molecule has 0 spiro atoms. The van der Waals surface area contributed by atoms with Crippen LogP contribution < -0.4 is 15.4 Å². The van der Waals surface area contributed by atoms with E-state index < -0.39 is 18.2 Å². The van der Waals surface area contributed by atoms with Crippen molar-refractivity contribution in [2.75, 3.05) is 24.2 Å². The maximum Gasteiger partial charge on any atom is 0.390 e. The van der Waals surface area contributed by atoms with Gasteiger partial charge in [0.2, 0.25) is 5.88 Å². The number of nitrogen functional groups attached to an aromatic ring is 1. The summed E-state index contributed by atoms with van der Waals surface area (Å²) in [7, 11) is 1.55. The number of aromatic nitrogens is 1. The number of hydrogen-bond acceptors (Lipinski definition) is 4. The zero-order valence-electron chi connectivity index (χ0n) is 12.1. The van der Waals surface area contributed by atoms with E-state index in [2.05, 4.69) is 4.98 Å². The Morgan fingerprint density at radius 3 is 2.35 bits per heavy atom. The van der Waals surface area contributed by atoms with Crippen molar-refractivity contribution in [1.82, 2.24) is 4.98 Å². The molecule has 1 rings (SSSR count). The van der Waals surface area contributed by atoms with E-state index >= 15 is 0 Å². The molecule has 1 aromatic heterocycles. The third-order valence-corrected chi connectivity index (χ3v) is 2.40. The maximum atomic E-state index is 12.2. The second kappa shape index (κ2) is 5.76. The summed E-state index contributed by atoms with van der Waals surface area (Å²) >= 11 is 0. The maximum absolute atomic E-state index is 12.2. The molecule has 0 saturated carbocycles.